The van der Waals surface area contributed by atoms with Gasteiger partial charge < -0.3 is 5.73 Å². The largest absolute Gasteiger partial charge is 0.399 e. The fourth-order valence-corrected chi connectivity index (χ4v) is 2.66. The molecule has 0 radical (unpaired) electrons. The van der Waals surface area contributed by atoms with E-state index in [1.54, 1.807) is 6.33 Å². The molecule has 0 amide bonds. The summed E-state index contributed by atoms with van der Waals surface area (Å²) in [6.07, 6.45) is 5.40. The predicted octanol–water partition coefficient (Wildman–Crippen LogP) is 3.63. The van der Waals surface area contributed by atoms with Gasteiger partial charge in [-0.2, -0.15) is 0 Å². The topological polar surface area (TPSA) is 51.8 Å². The Morgan fingerprint density at radius 1 is 0.696 bits per heavy atom. The Labute approximate surface area is 137 Å². The highest BCUT2D eigenvalue weighted by atomic mass is 14.8. The number of nitrogens with two attached hydrogens (primary N) is 1. The molecule has 1 aromatic heterocycles. The fourth-order valence-electron chi connectivity index (χ4n) is 2.66. The molecule has 0 atom stereocenters. The van der Waals surface area contributed by atoms with Crippen molar-refractivity contribution >= 4 is 5.69 Å². The number of aryl methyl sites for hydroxylation is 4. The van der Waals surface area contributed by atoms with E-state index in [2.05, 4.69) is 46.4 Å². The molecule has 0 spiro atoms. The van der Waals surface area contributed by atoms with Gasteiger partial charge >= 0.3 is 0 Å². The van der Waals surface area contributed by atoms with Crippen LogP contribution in [0.4, 0.5) is 5.69 Å². The minimum Gasteiger partial charge on any atom is -0.399 e. The number of hydrogen-bond donors (Lipinski definition) is 1. The molecule has 0 aliphatic heterocycles. The van der Waals surface area contributed by atoms with Crippen molar-refractivity contribution < 1.29 is 0 Å². The zero-order valence-corrected chi connectivity index (χ0v) is 13.2. The quantitative estimate of drug-likeness (QED) is 0.707. The van der Waals surface area contributed by atoms with Crippen LogP contribution in [0.2, 0.25) is 0 Å². The van der Waals surface area contributed by atoms with Gasteiger partial charge in [-0.15, -0.1) is 0 Å². The summed E-state index contributed by atoms with van der Waals surface area (Å²) in [7, 11) is 0. The molecule has 3 aromatic rings. The van der Waals surface area contributed by atoms with E-state index in [0.29, 0.717) is 0 Å². The second-order valence-corrected chi connectivity index (χ2v) is 5.69. The Morgan fingerprint density at radius 3 is 2.09 bits per heavy atom. The SMILES string of the molecule is Nc1ccccc1CCc1cc(CCc2ccccc2)ncn1. The molecule has 0 bridgehead atoms. The molecule has 0 saturated heterocycles. The number of anilines is 1. The molecule has 2 aromatic carbocycles. The summed E-state index contributed by atoms with van der Waals surface area (Å²) >= 11 is 0. The average Bonchev–Trinajstić information content (AvgIpc) is 2.61. The molecule has 0 saturated carbocycles. The Morgan fingerprint density at radius 2 is 1.35 bits per heavy atom. The first-order chi connectivity index (χ1) is 11.3. The summed E-state index contributed by atoms with van der Waals surface area (Å²) in [6, 6.07) is 20.6. The van der Waals surface area contributed by atoms with Gasteiger partial charge in [-0.25, -0.2) is 9.97 Å². The van der Waals surface area contributed by atoms with Crippen LogP contribution in [0.25, 0.3) is 0 Å². The molecule has 0 fully saturated rings. The van der Waals surface area contributed by atoms with Crippen LogP contribution in [0.15, 0.2) is 67.0 Å². The fraction of sp³-hybridized carbons (Fsp3) is 0.200. The zero-order chi connectivity index (χ0) is 15.9. The van der Waals surface area contributed by atoms with E-state index in [-0.39, 0.29) is 0 Å². The van der Waals surface area contributed by atoms with Crippen LogP contribution in [0, 0.1) is 0 Å². The number of nitrogens with zero attached hydrogens (tertiary/aromatic N) is 2. The monoisotopic (exact) mass is 303 g/mol. The van der Waals surface area contributed by atoms with E-state index in [9.17, 15) is 0 Å². The minimum atomic E-state index is 0.853. The van der Waals surface area contributed by atoms with Crippen LogP contribution < -0.4 is 5.73 Å². The second-order valence-electron chi connectivity index (χ2n) is 5.69. The lowest BCUT2D eigenvalue weighted by atomic mass is 10.0. The Balaban J connectivity index is 1.60. The van der Waals surface area contributed by atoms with Crippen molar-refractivity contribution in [2.24, 2.45) is 0 Å². The molecule has 3 nitrogen and oxygen atoms in total. The van der Waals surface area contributed by atoms with E-state index in [4.69, 9.17) is 5.73 Å². The third-order valence-electron chi connectivity index (χ3n) is 4.00. The summed E-state index contributed by atoms with van der Waals surface area (Å²) in [4.78, 5) is 8.78. The number of nitrogen functional groups attached to an aromatic ring is 1. The van der Waals surface area contributed by atoms with Gasteiger partial charge in [0.05, 0.1) is 0 Å². The molecule has 23 heavy (non-hydrogen) atoms. The van der Waals surface area contributed by atoms with E-state index in [1.807, 2.05) is 24.3 Å². The maximum Gasteiger partial charge on any atom is 0.115 e. The van der Waals surface area contributed by atoms with Gasteiger partial charge in [-0.1, -0.05) is 48.5 Å². The molecular formula is C20H21N3. The molecule has 116 valence electrons. The van der Waals surface area contributed by atoms with Gasteiger partial charge in [-0.05, 0) is 48.9 Å². The lowest BCUT2D eigenvalue weighted by Crippen LogP contribution is -2.01. The highest BCUT2D eigenvalue weighted by Crippen LogP contribution is 2.14. The maximum atomic E-state index is 5.99. The molecule has 0 aliphatic rings. The Bertz CT molecular complexity index is 754. The standard InChI is InChI=1S/C20H21N3/c21-20-9-5-4-8-17(20)11-13-19-14-18(22-15-23-19)12-10-16-6-2-1-3-7-16/h1-9,14-15H,10-13,21H2. The molecule has 1 heterocycles. The van der Waals surface area contributed by atoms with Gasteiger partial charge in [-0.3, -0.25) is 0 Å². The van der Waals surface area contributed by atoms with Gasteiger partial charge in [0.1, 0.15) is 6.33 Å². The smallest absolute Gasteiger partial charge is 0.115 e. The van der Waals surface area contributed by atoms with Crippen molar-refractivity contribution in [1.29, 1.82) is 0 Å². The van der Waals surface area contributed by atoms with E-state index in [1.165, 1.54) is 11.1 Å². The summed E-state index contributed by atoms with van der Waals surface area (Å²) in [6.45, 7) is 0. The van der Waals surface area contributed by atoms with Gasteiger partial charge in [0, 0.05) is 17.1 Å². The molecule has 0 unspecified atom stereocenters. The highest BCUT2D eigenvalue weighted by molar-refractivity contribution is 5.46. The maximum absolute atomic E-state index is 5.99. The predicted molar refractivity (Wildman–Crippen MR) is 94.1 cm³/mol. The zero-order valence-electron chi connectivity index (χ0n) is 13.2. The Hall–Kier alpha value is -2.68. The van der Waals surface area contributed by atoms with Crippen LogP contribution in [-0.4, -0.2) is 9.97 Å². The number of aromatic nitrogens is 2. The van der Waals surface area contributed by atoms with E-state index in [0.717, 1.165) is 42.8 Å². The van der Waals surface area contributed by atoms with Crippen molar-refractivity contribution in [3.05, 3.63) is 89.5 Å². The third-order valence-corrected chi connectivity index (χ3v) is 4.00. The van der Waals surface area contributed by atoms with Crippen molar-refractivity contribution in [2.75, 3.05) is 5.73 Å². The van der Waals surface area contributed by atoms with Crippen LogP contribution in [0.1, 0.15) is 22.5 Å². The first-order valence-electron chi connectivity index (χ1n) is 7.98. The second kappa shape index (κ2) is 7.54. The normalized spacial score (nSPS) is 10.6. The van der Waals surface area contributed by atoms with Crippen molar-refractivity contribution in [3.63, 3.8) is 0 Å². The molecular weight excluding hydrogens is 282 g/mol. The summed E-state index contributed by atoms with van der Waals surface area (Å²) in [5.41, 5.74) is 11.5. The lowest BCUT2D eigenvalue weighted by molar-refractivity contribution is 0.853. The van der Waals surface area contributed by atoms with Gasteiger partial charge in [0.15, 0.2) is 0 Å². The van der Waals surface area contributed by atoms with Crippen molar-refractivity contribution in [3.8, 4) is 0 Å². The summed E-state index contributed by atoms with van der Waals surface area (Å²) in [5.74, 6) is 0. The Kier molecular flexibility index (Phi) is 4.99. The lowest BCUT2D eigenvalue weighted by Gasteiger charge is -2.06. The van der Waals surface area contributed by atoms with Gasteiger partial charge in [0.25, 0.3) is 0 Å². The first kappa shape index (κ1) is 15.2. The van der Waals surface area contributed by atoms with Crippen LogP contribution in [-0.2, 0) is 25.7 Å². The molecule has 2 N–H and O–H groups in total. The number of benzene rings is 2. The minimum absolute atomic E-state index is 0.853. The number of rotatable bonds is 6. The van der Waals surface area contributed by atoms with Crippen LogP contribution in [0.5, 0.6) is 0 Å². The van der Waals surface area contributed by atoms with Crippen molar-refractivity contribution in [1.82, 2.24) is 9.97 Å². The highest BCUT2D eigenvalue weighted by Gasteiger charge is 2.03. The first-order valence-corrected chi connectivity index (χ1v) is 7.98. The van der Waals surface area contributed by atoms with E-state index < -0.39 is 0 Å². The third kappa shape index (κ3) is 4.39. The molecule has 3 rings (SSSR count). The summed E-state index contributed by atoms with van der Waals surface area (Å²) < 4.78 is 0. The van der Waals surface area contributed by atoms with Crippen molar-refractivity contribution in [2.45, 2.75) is 25.7 Å². The van der Waals surface area contributed by atoms with Gasteiger partial charge in [0.2, 0.25) is 0 Å². The molecule has 0 aliphatic carbocycles. The molecule has 3 heteroatoms. The number of para-hydroxylation sites is 1. The average molecular weight is 303 g/mol. The van der Waals surface area contributed by atoms with Crippen LogP contribution in [0.3, 0.4) is 0 Å². The van der Waals surface area contributed by atoms with E-state index >= 15 is 0 Å². The number of hydrogen-bond acceptors (Lipinski definition) is 3. The van der Waals surface area contributed by atoms with Crippen LogP contribution >= 0.6 is 0 Å². The summed E-state index contributed by atoms with van der Waals surface area (Å²) in [5, 5.41) is 0.